The summed E-state index contributed by atoms with van der Waals surface area (Å²) in [5, 5.41) is 0. The third-order valence-corrected chi connectivity index (χ3v) is 3.85. The van der Waals surface area contributed by atoms with Gasteiger partial charge in [0.25, 0.3) is 0 Å². The first-order valence-electron chi connectivity index (χ1n) is 7.21. The molecular weight excluding hydrogens is 294 g/mol. The van der Waals surface area contributed by atoms with Gasteiger partial charge in [-0.3, -0.25) is 0 Å². The lowest BCUT2D eigenvalue weighted by Gasteiger charge is -2.19. The van der Waals surface area contributed by atoms with Crippen molar-refractivity contribution in [1.29, 1.82) is 0 Å². The topological polar surface area (TPSA) is 52.0 Å². The Hall–Kier alpha value is -2.88. The Labute approximate surface area is 133 Å². The van der Waals surface area contributed by atoms with Gasteiger partial charge in [0.15, 0.2) is 0 Å². The number of rotatable bonds is 3. The summed E-state index contributed by atoms with van der Waals surface area (Å²) >= 11 is 0. The van der Waals surface area contributed by atoms with Gasteiger partial charge in [-0.05, 0) is 41.0 Å². The van der Waals surface area contributed by atoms with Crippen molar-refractivity contribution < 1.29 is 8.78 Å². The molecule has 0 aliphatic heterocycles. The summed E-state index contributed by atoms with van der Waals surface area (Å²) in [6.07, 6.45) is 0. The zero-order chi connectivity index (χ0) is 16.4. The fourth-order valence-electron chi connectivity index (χ4n) is 2.67. The Bertz CT molecular complexity index is 781. The number of benzene rings is 3. The van der Waals surface area contributed by atoms with Gasteiger partial charge in [0.2, 0.25) is 0 Å². The summed E-state index contributed by atoms with van der Waals surface area (Å²) in [5.41, 5.74) is 13.6. The molecule has 0 aliphatic carbocycles. The molecule has 0 bridgehead atoms. The van der Waals surface area contributed by atoms with Crippen molar-refractivity contribution in [3.63, 3.8) is 0 Å². The molecule has 0 saturated carbocycles. The van der Waals surface area contributed by atoms with Crippen molar-refractivity contribution in [3.05, 3.63) is 95.1 Å². The monoisotopic (exact) mass is 310 g/mol. The molecule has 0 fully saturated rings. The molecule has 0 radical (unpaired) electrons. The largest absolute Gasteiger partial charge is 0.396 e. The van der Waals surface area contributed by atoms with E-state index in [4.69, 9.17) is 11.5 Å². The first-order valence-corrected chi connectivity index (χ1v) is 7.21. The molecule has 2 nitrogen and oxygen atoms in total. The van der Waals surface area contributed by atoms with E-state index in [2.05, 4.69) is 0 Å². The van der Waals surface area contributed by atoms with Crippen LogP contribution >= 0.6 is 0 Å². The SMILES string of the molecule is Nc1ccc(C(c2ccccc2)c2ccc(N)c(F)c2)cc1F. The predicted molar refractivity (Wildman–Crippen MR) is 89.0 cm³/mol. The fraction of sp³-hybridized carbons (Fsp3) is 0.0526. The van der Waals surface area contributed by atoms with Gasteiger partial charge >= 0.3 is 0 Å². The molecule has 3 aromatic rings. The lowest BCUT2D eigenvalue weighted by molar-refractivity contribution is 0.626. The van der Waals surface area contributed by atoms with Crippen LogP contribution in [0.3, 0.4) is 0 Å². The van der Waals surface area contributed by atoms with Crippen LogP contribution in [0, 0.1) is 11.6 Å². The number of nitrogen functional groups attached to an aromatic ring is 2. The number of nitrogens with two attached hydrogens (primary N) is 2. The third kappa shape index (κ3) is 3.01. The molecule has 0 unspecified atom stereocenters. The van der Waals surface area contributed by atoms with Crippen LogP contribution in [0.15, 0.2) is 66.7 Å². The van der Waals surface area contributed by atoms with E-state index < -0.39 is 11.6 Å². The van der Waals surface area contributed by atoms with E-state index in [1.807, 2.05) is 30.3 Å². The van der Waals surface area contributed by atoms with Crippen LogP contribution in [-0.2, 0) is 0 Å². The van der Waals surface area contributed by atoms with Crippen molar-refractivity contribution in [2.75, 3.05) is 11.5 Å². The molecule has 3 aromatic carbocycles. The number of hydrogen-bond acceptors (Lipinski definition) is 2. The van der Waals surface area contributed by atoms with Gasteiger partial charge in [0.05, 0.1) is 11.4 Å². The van der Waals surface area contributed by atoms with Gasteiger partial charge < -0.3 is 11.5 Å². The van der Waals surface area contributed by atoms with Crippen molar-refractivity contribution in [2.24, 2.45) is 0 Å². The molecule has 4 N–H and O–H groups in total. The summed E-state index contributed by atoms with van der Waals surface area (Å²) in [5.74, 6) is -1.28. The van der Waals surface area contributed by atoms with Crippen LogP contribution in [0.25, 0.3) is 0 Å². The summed E-state index contributed by atoms with van der Waals surface area (Å²) in [4.78, 5) is 0. The quantitative estimate of drug-likeness (QED) is 0.559. The van der Waals surface area contributed by atoms with Crippen LogP contribution in [-0.4, -0.2) is 0 Å². The molecule has 116 valence electrons. The van der Waals surface area contributed by atoms with Crippen molar-refractivity contribution in [3.8, 4) is 0 Å². The van der Waals surface area contributed by atoms with Crippen LogP contribution in [0.4, 0.5) is 20.2 Å². The fourth-order valence-corrected chi connectivity index (χ4v) is 2.67. The predicted octanol–water partition coefficient (Wildman–Crippen LogP) is 4.31. The Balaban J connectivity index is 2.17. The second kappa shape index (κ2) is 6.08. The van der Waals surface area contributed by atoms with Gasteiger partial charge in [-0.2, -0.15) is 0 Å². The van der Waals surface area contributed by atoms with Crippen molar-refractivity contribution in [1.82, 2.24) is 0 Å². The average Bonchev–Trinajstić information content (AvgIpc) is 2.55. The van der Waals surface area contributed by atoms with Crippen LogP contribution in [0.1, 0.15) is 22.6 Å². The normalized spacial score (nSPS) is 10.9. The third-order valence-electron chi connectivity index (χ3n) is 3.85. The van der Waals surface area contributed by atoms with Gasteiger partial charge in [-0.1, -0.05) is 42.5 Å². The van der Waals surface area contributed by atoms with E-state index in [1.54, 1.807) is 12.1 Å². The summed E-state index contributed by atoms with van der Waals surface area (Å²) < 4.78 is 27.8. The van der Waals surface area contributed by atoms with Gasteiger partial charge in [0, 0.05) is 5.92 Å². The van der Waals surface area contributed by atoms with E-state index in [1.165, 1.54) is 24.3 Å². The summed E-state index contributed by atoms with van der Waals surface area (Å²) in [6, 6.07) is 18.9. The second-order valence-corrected chi connectivity index (χ2v) is 5.41. The summed E-state index contributed by atoms with van der Waals surface area (Å²) in [7, 11) is 0. The minimum atomic E-state index is -0.487. The van der Waals surface area contributed by atoms with Crippen LogP contribution < -0.4 is 11.5 Å². The maximum atomic E-state index is 13.9. The highest BCUT2D eigenvalue weighted by molar-refractivity contribution is 5.51. The molecule has 0 aromatic heterocycles. The Kier molecular flexibility index (Phi) is 3.98. The van der Waals surface area contributed by atoms with Gasteiger partial charge in [0.1, 0.15) is 11.6 Å². The van der Waals surface area contributed by atoms with Crippen LogP contribution in [0.2, 0.25) is 0 Å². The zero-order valence-electron chi connectivity index (χ0n) is 12.3. The molecule has 0 heterocycles. The molecule has 0 atom stereocenters. The van der Waals surface area contributed by atoms with E-state index in [9.17, 15) is 8.78 Å². The molecular formula is C19H16F2N2. The maximum absolute atomic E-state index is 13.9. The molecule has 0 amide bonds. The van der Waals surface area contributed by atoms with E-state index in [0.717, 1.165) is 5.56 Å². The van der Waals surface area contributed by atoms with Gasteiger partial charge in [-0.25, -0.2) is 8.78 Å². The molecule has 3 rings (SSSR count). The highest BCUT2D eigenvalue weighted by Gasteiger charge is 2.19. The van der Waals surface area contributed by atoms with Crippen LogP contribution in [0.5, 0.6) is 0 Å². The Morgan fingerprint density at radius 2 is 1.09 bits per heavy atom. The highest BCUT2D eigenvalue weighted by atomic mass is 19.1. The van der Waals surface area contributed by atoms with E-state index >= 15 is 0 Å². The highest BCUT2D eigenvalue weighted by Crippen LogP contribution is 2.34. The Morgan fingerprint density at radius 3 is 1.52 bits per heavy atom. The Morgan fingerprint density at radius 1 is 0.609 bits per heavy atom. The minimum absolute atomic E-state index is 0.0871. The van der Waals surface area contributed by atoms with E-state index in [0.29, 0.717) is 11.1 Å². The standard InChI is InChI=1S/C19H16F2N2/c20-15-10-13(6-8-17(15)22)19(12-4-2-1-3-5-12)14-7-9-18(23)16(21)11-14/h1-11,19H,22-23H2. The minimum Gasteiger partial charge on any atom is -0.396 e. The molecule has 4 heteroatoms. The first-order chi connectivity index (χ1) is 11.1. The van der Waals surface area contributed by atoms with Crippen molar-refractivity contribution >= 4 is 11.4 Å². The second-order valence-electron chi connectivity index (χ2n) is 5.41. The average molecular weight is 310 g/mol. The number of halogens is 2. The summed E-state index contributed by atoms with van der Waals surface area (Å²) in [6.45, 7) is 0. The van der Waals surface area contributed by atoms with E-state index in [-0.39, 0.29) is 17.3 Å². The smallest absolute Gasteiger partial charge is 0.146 e. The number of hydrogen-bond donors (Lipinski definition) is 2. The van der Waals surface area contributed by atoms with Gasteiger partial charge in [-0.15, -0.1) is 0 Å². The molecule has 0 spiro atoms. The molecule has 0 saturated heterocycles. The maximum Gasteiger partial charge on any atom is 0.146 e. The number of anilines is 2. The lowest BCUT2D eigenvalue weighted by atomic mass is 9.85. The zero-order valence-corrected chi connectivity index (χ0v) is 12.3. The lowest BCUT2D eigenvalue weighted by Crippen LogP contribution is -2.06. The van der Waals surface area contributed by atoms with Crippen molar-refractivity contribution in [2.45, 2.75) is 5.92 Å². The molecule has 0 aliphatic rings. The first kappa shape index (κ1) is 15.0. The molecule has 23 heavy (non-hydrogen) atoms.